The van der Waals surface area contributed by atoms with Crippen molar-refractivity contribution in [3.05, 3.63) is 99.6 Å². The number of carbonyl (C=O) groups excluding carboxylic acids is 1. The molecule has 0 unspecified atom stereocenters. The topological polar surface area (TPSA) is 102 Å². The molecule has 0 aliphatic carbocycles. The number of phenols is 1. The quantitative estimate of drug-likeness (QED) is 0.278. The minimum absolute atomic E-state index is 0.0101. The number of aliphatic hydroxyl groups is 2. The molecule has 0 heterocycles. The molecule has 36 heavy (non-hydrogen) atoms. The first-order valence-corrected chi connectivity index (χ1v) is 12.4. The highest BCUT2D eigenvalue weighted by Crippen LogP contribution is 2.23. The number of benzene rings is 3. The summed E-state index contributed by atoms with van der Waals surface area (Å²) in [5.74, 6) is -0.0766. The third-order valence-electron chi connectivity index (χ3n) is 6.57. The van der Waals surface area contributed by atoms with Crippen LogP contribution in [0.15, 0.2) is 60.7 Å². The molecule has 0 spiro atoms. The molecule has 0 saturated carbocycles. The van der Waals surface area contributed by atoms with Gasteiger partial charge in [-0.15, -0.1) is 0 Å². The highest BCUT2D eigenvalue weighted by molar-refractivity contribution is 5.94. The number of rotatable bonds is 11. The molecule has 3 aromatic carbocycles. The molecule has 6 nitrogen and oxygen atoms in total. The van der Waals surface area contributed by atoms with Gasteiger partial charge in [0.05, 0.1) is 12.7 Å². The maximum atomic E-state index is 12.8. The fourth-order valence-electron chi connectivity index (χ4n) is 4.47. The molecule has 0 radical (unpaired) electrons. The molecule has 0 fully saturated rings. The van der Waals surface area contributed by atoms with Crippen LogP contribution in [0.2, 0.25) is 0 Å². The Morgan fingerprint density at radius 2 is 1.69 bits per heavy atom. The Labute approximate surface area is 214 Å². The Kier molecular flexibility index (Phi) is 9.26. The Bertz CT molecular complexity index is 1170. The third-order valence-corrected chi connectivity index (χ3v) is 6.57. The van der Waals surface area contributed by atoms with Gasteiger partial charge in [-0.25, -0.2) is 0 Å². The molecule has 0 saturated heterocycles. The van der Waals surface area contributed by atoms with Crippen molar-refractivity contribution in [3.8, 4) is 5.75 Å². The van der Waals surface area contributed by atoms with E-state index in [1.165, 1.54) is 22.8 Å². The summed E-state index contributed by atoms with van der Waals surface area (Å²) in [6.45, 7) is 8.88. The minimum Gasteiger partial charge on any atom is -0.508 e. The zero-order chi connectivity index (χ0) is 26.3. The highest BCUT2D eigenvalue weighted by Gasteiger charge is 2.21. The lowest BCUT2D eigenvalue weighted by molar-refractivity contribution is 0.0954. The molecule has 0 aliphatic rings. The van der Waals surface area contributed by atoms with E-state index in [2.05, 4.69) is 42.7 Å². The van der Waals surface area contributed by atoms with Crippen LogP contribution >= 0.6 is 0 Å². The monoisotopic (exact) mass is 490 g/mol. The molecule has 3 aromatic rings. The van der Waals surface area contributed by atoms with Crippen LogP contribution in [-0.2, 0) is 19.4 Å². The molecular formula is C30H38N2O4. The van der Waals surface area contributed by atoms with Gasteiger partial charge in [-0.2, -0.15) is 0 Å². The minimum atomic E-state index is -0.788. The van der Waals surface area contributed by atoms with Crippen LogP contribution in [0.3, 0.4) is 0 Å². The first-order chi connectivity index (χ1) is 17.1. The molecule has 0 aromatic heterocycles. The van der Waals surface area contributed by atoms with Crippen molar-refractivity contribution in [2.75, 3.05) is 13.1 Å². The average molecular weight is 491 g/mol. The number of hydrogen-bond acceptors (Lipinski definition) is 5. The third kappa shape index (κ3) is 7.40. The van der Waals surface area contributed by atoms with Gasteiger partial charge in [0.1, 0.15) is 5.75 Å². The van der Waals surface area contributed by atoms with Crippen LogP contribution in [0.5, 0.6) is 5.75 Å². The first kappa shape index (κ1) is 27.4. The van der Waals surface area contributed by atoms with Crippen molar-refractivity contribution in [1.82, 2.24) is 10.6 Å². The summed E-state index contributed by atoms with van der Waals surface area (Å²) in [5.41, 5.74) is 6.09. The smallest absolute Gasteiger partial charge is 0.251 e. The second-order valence-corrected chi connectivity index (χ2v) is 10.1. The average Bonchev–Trinajstić information content (AvgIpc) is 2.84. The normalized spacial score (nSPS) is 12.4. The number of aromatic hydroxyl groups is 1. The van der Waals surface area contributed by atoms with Gasteiger partial charge in [-0.05, 0) is 92.6 Å². The summed E-state index contributed by atoms with van der Waals surface area (Å²) in [7, 11) is 0. The van der Waals surface area contributed by atoms with E-state index < -0.39 is 6.10 Å². The summed E-state index contributed by atoms with van der Waals surface area (Å²) in [6.07, 6.45) is 0.675. The molecule has 1 amide bonds. The molecule has 0 aliphatic heterocycles. The van der Waals surface area contributed by atoms with Crippen molar-refractivity contribution in [2.45, 2.75) is 58.8 Å². The van der Waals surface area contributed by atoms with Crippen LogP contribution in [0, 0.1) is 13.8 Å². The number of aliphatic hydroxyl groups excluding tert-OH is 2. The first-order valence-electron chi connectivity index (χ1n) is 12.4. The van der Waals surface area contributed by atoms with E-state index in [1.54, 1.807) is 12.1 Å². The van der Waals surface area contributed by atoms with Crippen LogP contribution in [0.25, 0.3) is 0 Å². The van der Waals surface area contributed by atoms with E-state index in [0.29, 0.717) is 36.2 Å². The van der Waals surface area contributed by atoms with E-state index in [0.717, 1.165) is 12.0 Å². The van der Waals surface area contributed by atoms with Gasteiger partial charge in [-0.3, -0.25) is 4.79 Å². The summed E-state index contributed by atoms with van der Waals surface area (Å²) >= 11 is 0. The fourth-order valence-corrected chi connectivity index (χ4v) is 4.47. The molecule has 192 valence electrons. The predicted octanol–water partition coefficient (Wildman–Crippen LogP) is 4.12. The van der Waals surface area contributed by atoms with Gasteiger partial charge >= 0.3 is 0 Å². The SMILES string of the molecule is Cc1cccc(C)c1CCNC(=O)c1cccc(CC(C)(C)NC[C@@H](O)c2ccc(O)c(CO)c2)c1. The number of β-amino-alcohol motifs (C(OH)–C–C–N with tert-alkyl or cyclic N) is 1. The van der Waals surface area contributed by atoms with Crippen molar-refractivity contribution in [3.63, 3.8) is 0 Å². The lowest BCUT2D eigenvalue weighted by Crippen LogP contribution is -2.43. The lowest BCUT2D eigenvalue weighted by Gasteiger charge is -2.28. The van der Waals surface area contributed by atoms with Crippen LogP contribution in [0.4, 0.5) is 0 Å². The molecule has 6 heteroatoms. The Morgan fingerprint density at radius 1 is 1.00 bits per heavy atom. The second kappa shape index (κ2) is 12.2. The van der Waals surface area contributed by atoms with Crippen molar-refractivity contribution in [1.29, 1.82) is 0 Å². The van der Waals surface area contributed by atoms with Crippen molar-refractivity contribution < 1.29 is 20.1 Å². The number of nitrogens with one attached hydrogen (secondary N) is 2. The number of aryl methyl sites for hydroxylation is 2. The second-order valence-electron chi connectivity index (χ2n) is 10.1. The van der Waals surface area contributed by atoms with Crippen molar-refractivity contribution >= 4 is 5.91 Å². The summed E-state index contributed by atoms with van der Waals surface area (Å²) in [5, 5.41) is 36.1. The predicted molar refractivity (Wildman–Crippen MR) is 143 cm³/mol. The van der Waals surface area contributed by atoms with E-state index in [9.17, 15) is 20.1 Å². The Hall–Kier alpha value is -3.19. The molecule has 0 bridgehead atoms. The molecular weight excluding hydrogens is 452 g/mol. The van der Waals surface area contributed by atoms with Crippen molar-refractivity contribution in [2.24, 2.45) is 0 Å². The highest BCUT2D eigenvalue weighted by atomic mass is 16.3. The van der Waals surface area contributed by atoms with Gasteiger partial charge in [0.25, 0.3) is 5.91 Å². The van der Waals surface area contributed by atoms with E-state index in [1.807, 2.05) is 38.1 Å². The van der Waals surface area contributed by atoms with E-state index in [-0.39, 0.29) is 23.8 Å². The summed E-state index contributed by atoms with van der Waals surface area (Å²) in [4.78, 5) is 12.8. The largest absolute Gasteiger partial charge is 0.508 e. The number of amides is 1. The Morgan fingerprint density at radius 3 is 2.39 bits per heavy atom. The Balaban J connectivity index is 1.55. The van der Waals surface area contributed by atoms with Crippen LogP contribution in [-0.4, -0.2) is 39.9 Å². The van der Waals surface area contributed by atoms with Crippen LogP contribution < -0.4 is 10.6 Å². The zero-order valence-electron chi connectivity index (χ0n) is 21.6. The zero-order valence-corrected chi connectivity index (χ0v) is 21.6. The van der Waals surface area contributed by atoms with Gasteiger partial charge in [0.2, 0.25) is 0 Å². The lowest BCUT2D eigenvalue weighted by atomic mass is 9.93. The standard InChI is InChI=1S/C30H38N2O4/c1-20-7-5-8-21(2)26(20)13-14-31-29(36)24-10-6-9-22(15-24)17-30(3,4)32-18-28(35)23-11-12-27(34)25(16-23)19-33/h5-12,15-16,28,32-35H,13-14,17-19H2,1-4H3,(H,31,36)/t28-/m1/s1. The fraction of sp³-hybridized carbons (Fsp3) is 0.367. The molecule has 5 N–H and O–H groups in total. The summed E-state index contributed by atoms with van der Waals surface area (Å²) in [6, 6.07) is 18.6. The molecule has 3 rings (SSSR count). The number of hydrogen-bond donors (Lipinski definition) is 5. The maximum Gasteiger partial charge on any atom is 0.251 e. The maximum absolute atomic E-state index is 12.8. The molecule has 1 atom stereocenters. The van der Waals surface area contributed by atoms with Gasteiger partial charge in [0, 0.05) is 29.8 Å². The number of carbonyl (C=O) groups is 1. The van der Waals surface area contributed by atoms with Gasteiger partial charge in [0.15, 0.2) is 0 Å². The van der Waals surface area contributed by atoms with E-state index in [4.69, 9.17) is 0 Å². The summed E-state index contributed by atoms with van der Waals surface area (Å²) < 4.78 is 0. The van der Waals surface area contributed by atoms with Gasteiger partial charge < -0.3 is 26.0 Å². The van der Waals surface area contributed by atoms with E-state index >= 15 is 0 Å². The van der Waals surface area contributed by atoms with Crippen LogP contribution in [0.1, 0.15) is 63.7 Å². The van der Waals surface area contributed by atoms with Gasteiger partial charge in [-0.1, -0.05) is 36.4 Å².